The number of hydrogen-bond donors (Lipinski definition) is 2. The molecule has 0 aromatic carbocycles. The van der Waals surface area contributed by atoms with Crippen molar-refractivity contribution in [3.63, 3.8) is 0 Å². The number of aliphatic hydroxyl groups is 2. The van der Waals surface area contributed by atoms with Gasteiger partial charge in [-0.2, -0.15) is 0 Å². The summed E-state index contributed by atoms with van der Waals surface area (Å²) in [4.78, 5) is 0. The third kappa shape index (κ3) is 6.58. The zero-order valence-electron chi connectivity index (χ0n) is 14.0. The smallest absolute Gasteiger partial charge is 0.0540 e. The molecule has 0 radical (unpaired) electrons. The Morgan fingerprint density at radius 3 is 1.00 bits per heavy atom. The molecular weight excluding hydrogens is 248 g/mol. The molecule has 2 heteroatoms. The fourth-order valence-electron chi connectivity index (χ4n) is 3.54. The molecule has 120 valence electrons. The summed E-state index contributed by atoms with van der Waals surface area (Å²) in [5.74, 6) is 3.38. The van der Waals surface area contributed by atoms with Gasteiger partial charge < -0.3 is 10.2 Å². The van der Waals surface area contributed by atoms with Gasteiger partial charge in [0.05, 0.1) is 12.2 Å². The summed E-state index contributed by atoms with van der Waals surface area (Å²) in [6.07, 6.45) is 9.08. The Bertz CT molecular complexity index is 208. The van der Waals surface area contributed by atoms with Gasteiger partial charge >= 0.3 is 0 Å². The highest BCUT2D eigenvalue weighted by atomic mass is 16.3. The summed E-state index contributed by atoms with van der Waals surface area (Å²) < 4.78 is 0. The molecule has 0 spiro atoms. The van der Waals surface area contributed by atoms with E-state index in [1.165, 1.54) is 25.7 Å². The maximum absolute atomic E-state index is 9.21. The predicted octanol–water partition coefficient (Wildman–Crippen LogP) is 4.39. The van der Waals surface area contributed by atoms with E-state index in [0.29, 0.717) is 0 Å². The number of hydrogen-bond acceptors (Lipinski definition) is 2. The minimum absolute atomic E-state index is 0.00926. The average Bonchev–Trinajstić information content (AvgIpc) is 2.40. The van der Waals surface area contributed by atoms with Crippen molar-refractivity contribution in [1.82, 2.24) is 0 Å². The standard InChI is InChI=1S/2C9H18O/c2*1-7(2)8-3-5-9(10)6-4-8/h2*7-10H,3-6H2,1-2H3. The predicted molar refractivity (Wildman–Crippen MR) is 85.6 cm³/mol. The molecule has 0 bridgehead atoms. The largest absolute Gasteiger partial charge is 0.393 e. The minimum Gasteiger partial charge on any atom is -0.393 e. The van der Waals surface area contributed by atoms with Gasteiger partial charge in [-0.3, -0.25) is 0 Å². The first kappa shape index (κ1) is 18.0. The second-order valence-corrected chi connectivity index (χ2v) is 7.63. The second kappa shape index (κ2) is 9.04. The molecule has 0 amide bonds. The Morgan fingerprint density at radius 1 is 0.550 bits per heavy atom. The quantitative estimate of drug-likeness (QED) is 0.789. The van der Waals surface area contributed by atoms with Crippen LogP contribution in [0, 0.1) is 23.7 Å². The van der Waals surface area contributed by atoms with Crippen LogP contribution < -0.4 is 0 Å². The first-order valence-corrected chi connectivity index (χ1v) is 8.76. The number of aliphatic hydroxyl groups excluding tert-OH is 2. The van der Waals surface area contributed by atoms with Crippen LogP contribution in [0.15, 0.2) is 0 Å². The average molecular weight is 284 g/mol. The van der Waals surface area contributed by atoms with Crippen molar-refractivity contribution in [3.05, 3.63) is 0 Å². The third-order valence-electron chi connectivity index (χ3n) is 5.37. The van der Waals surface area contributed by atoms with E-state index in [0.717, 1.165) is 49.4 Å². The Kier molecular flexibility index (Phi) is 8.13. The molecule has 2 aliphatic rings. The van der Waals surface area contributed by atoms with Gasteiger partial charge in [-0.15, -0.1) is 0 Å². The fourth-order valence-corrected chi connectivity index (χ4v) is 3.54. The van der Waals surface area contributed by atoms with Crippen LogP contribution in [-0.4, -0.2) is 22.4 Å². The van der Waals surface area contributed by atoms with E-state index in [-0.39, 0.29) is 12.2 Å². The summed E-state index contributed by atoms with van der Waals surface area (Å²) in [5.41, 5.74) is 0. The molecule has 20 heavy (non-hydrogen) atoms. The van der Waals surface area contributed by atoms with Crippen molar-refractivity contribution in [2.24, 2.45) is 23.7 Å². The zero-order valence-corrected chi connectivity index (χ0v) is 14.0. The molecule has 2 aliphatic carbocycles. The van der Waals surface area contributed by atoms with Crippen LogP contribution in [0.5, 0.6) is 0 Å². The molecule has 2 rings (SSSR count). The first-order chi connectivity index (χ1) is 9.40. The van der Waals surface area contributed by atoms with Gasteiger partial charge in [-0.1, -0.05) is 27.7 Å². The molecular formula is C18H36O2. The van der Waals surface area contributed by atoms with Crippen molar-refractivity contribution in [3.8, 4) is 0 Å². The molecule has 2 saturated carbocycles. The first-order valence-electron chi connectivity index (χ1n) is 8.76. The molecule has 0 atom stereocenters. The van der Waals surface area contributed by atoms with Crippen LogP contribution in [0.3, 0.4) is 0 Å². The van der Waals surface area contributed by atoms with Crippen LogP contribution >= 0.6 is 0 Å². The van der Waals surface area contributed by atoms with Crippen molar-refractivity contribution >= 4 is 0 Å². The third-order valence-corrected chi connectivity index (χ3v) is 5.37. The Labute approximate surface area is 126 Å². The second-order valence-electron chi connectivity index (χ2n) is 7.63. The van der Waals surface area contributed by atoms with Gasteiger partial charge in [0.15, 0.2) is 0 Å². The lowest BCUT2D eigenvalue weighted by Crippen LogP contribution is -2.21. The lowest BCUT2D eigenvalue weighted by Gasteiger charge is -2.27. The van der Waals surface area contributed by atoms with Gasteiger partial charge in [-0.05, 0) is 75.0 Å². The van der Waals surface area contributed by atoms with Gasteiger partial charge in [-0.25, -0.2) is 0 Å². The van der Waals surface area contributed by atoms with Crippen molar-refractivity contribution in [1.29, 1.82) is 0 Å². The van der Waals surface area contributed by atoms with E-state index in [1.54, 1.807) is 0 Å². The van der Waals surface area contributed by atoms with E-state index in [9.17, 15) is 10.2 Å². The van der Waals surface area contributed by atoms with Crippen LogP contribution in [0.25, 0.3) is 0 Å². The highest BCUT2D eigenvalue weighted by Crippen LogP contribution is 2.30. The van der Waals surface area contributed by atoms with Gasteiger partial charge in [0.25, 0.3) is 0 Å². The molecule has 0 aromatic heterocycles. The van der Waals surface area contributed by atoms with E-state index in [1.807, 2.05) is 0 Å². The maximum Gasteiger partial charge on any atom is 0.0540 e. The lowest BCUT2D eigenvalue weighted by atomic mass is 9.81. The van der Waals surface area contributed by atoms with Gasteiger partial charge in [0.2, 0.25) is 0 Å². The highest BCUT2D eigenvalue weighted by Gasteiger charge is 2.21. The van der Waals surface area contributed by atoms with Gasteiger partial charge in [0, 0.05) is 0 Å². The molecule has 0 saturated heterocycles. The lowest BCUT2D eigenvalue weighted by molar-refractivity contribution is 0.0961. The molecule has 2 fully saturated rings. The summed E-state index contributed by atoms with van der Waals surface area (Å²) >= 11 is 0. The Balaban J connectivity index is 0.000000200. The summed E-state index contributed by atoms with van der Waals surface area (Å²) in [5, 5.41) is 18.4. The van der Waals surface area contributed by atoms with Crippen molar-refractivity contribution in [2.45, 2.75) is 91.3 Å². The Morgan fingerprint density at radius 2 is 0.800 bits per heavy atom. The van der Waals surface area contributed by atoms with E-state index in [4.69, 9.17) is 0 Å². The monoisotopic (exact) mass is 284 g/mol. The minimum atomic E-state index is 0.00926. The fraction of sp³-hybridized carbons (Fsp3) is 1.00. The maximum atomic E-state index is 9.21. The molecule has 2 nitrogen and oxygen atoms in total. The molecule has 0 heterocycles. The Hall–Kier alpha value is -0.0800. The van der Waals surface area contributed by atoms with Crippen LogP contribution in [0.1, 0.15) is 79.1 Å². The zero-order chi connectivity index (χ0) is 15.1. The summed E-state index contributed by atoms with van der Waals surface area (Å²) in [6, 6.07) is 0. The molecule has 0 aromatic rings. The van der Waals surface area contributed by atoms with E-state index in [2.05, 4.69) is 27.7 Å². The summed E-state index contributed by atoms with van der Waals surface area (Å²) in [7, 11) is 0. The highest BCUT2D eigenvalue weighted by molar-refractivity contribution is 4.73. The van der Waals surface area contributed by atoms with Crippen LogP contribution in [0.2, 0.25) is 0 Å². The van der Waals surface area contributed by atoms with Crippen LogP contribution in [-0.2, 0) is 0 Å². The van der Waals surface area contributed by atoms with Crippen molar-refractivity contribution in [2.75, 3.05) is 0 Å². The van der Waals surface area contributed by atoms with Crippen LogP contribution in [0.4, 0.5) is 0 Å². The summed E-state index contributed by atoms with van der Waals surface area (Å²) in [6.45, 7) is 9.12. The number of rotatable bonds is 2. The van der Waals surface area contributed by atoms with Gasteiger partial charge in [0.1, 0.15) is 0 Å². The molecule has 2 N–H and O–H groups in total. The molecule has 0 unspecified atom stereocenters. The topological polar surface area (TPSA) is 40.5 Å². The SMILES string of the molecule is CC(C)C1CCC(O)CC1.CC(C)C1CCC(O)CC1. The van der Waals surface area contributed by atoms with E-state index >= 15 is 0 Å². The van der Waals surface area contributed by atoms with E-state index < -0.39 is 0 Å². The van der Waals surface area contributed by atoms with Crippen molar-refractivity contribution < 1.29 is 10.2 Å². The molecule has 0 aliphatic heterocycles. The normalized spacial score (nSPS) is 34.8.